The molecular formula is C19H16ClNO3. The Labute approximate surface area is 145 Å². The monoisotopic (exact) mass is 341 g/mol. The normalized spacial score (nSPS) is 13.9. The van der Waals surface area contributed by atoms with E-state index >= 15 is 0 Å². The van der Waals surface area contributed by atoms with Gasteiger partial charge in [-0.15, -0.1) is 0 Å². The molecule has 3 rings (SSSR count). The van der Waals surface area contributed by atoms with Crippen LogP contribution in [0, 0.1) is 0 Å². The molecule has 0 bridgehead atoms. The third kappa shape index (κ3) is 3.19. The first-order valence-electron chi connectivity index (χ1n) is 7.69. The smallest absolute Gasteiger partial charge is 0.332 e. The number of hydrogen-bond acceptors (Lipinski definition) is 2. The van der Waals surface area contributed by atoms with Gasteiger partial charge >= 0.3 is 5.97 Å². The molecule has 24 heavy (non-hydrogen) atoms. The molecule has 1 aliphatic carbocycles. The van der Waals surface area contributed by atoms with Crippen LogP contribution in [0.1, 0.15) is 19.3 Å². The molecule has 1 aliphatic rings. The first-order chi connectivity index (χ1) is 11.6. The Hall–Kier alpha value is -2.59. The van der Waals surface area contributed by atoms with Crippen molar-refractivity contribution < 1.29 is 14.7 Å². The maximum Gasteiger partial charge on any atom is 0.332 e. The van der Waals surface area contributed by atoms with Crippen molar-refractivity contribution >= 4 is 29.3 Å². The number of carboxylic acids is 1. The molecular weight excluding hydrogens is 326 g/mol. The molecule has 0 aromatic heterocycles. The average Bonchev–Trinajstić information content (AvgIpc) is 3.11. The third-order valence-electron chi connectivity index (χ3n) is 4.09. The molecule has 1 amide bonds. The van der Waals surface area contributed by atoms with Gasteiger partial charge in [-0.3, -0.25) is 4.79 Å². The molecule has 0 heterocycles. The first-order valence-corrected chi connectivity index (χ1v) is 8.03. The van der Waals surface area contributed by atoms with Crippen LogP contribution in [0.15, 0.2) is 65.7 Å². The standard InChI is InChI=1S/C19H16ClNO3/c20-21(18(22)16-10-5-11-17(16)19(23)24)15-9-4-8-14(12-15)13-6-2-1-3-7-13/h1-4,6-9,12H,5,10-11H2,(H,23,24). The van der Waals surface area contributed by atoms with E-state index in [9.17, 15) is 14.7 Å². The Morgan fingerprint density at radius 3 is 2.29 bits per heavy atom. The van der Waals surface area contributed by atoms with Crippen LogP contribution in [0.25, 0.3) is 11.1 Å². The zero-order valence-electron chi connectivity index (χ0n) is 12.9. The summed E-state index contributed by atoms with van der Waals surface area (Å²) in [5.74, 6) is -1.50. The van der Waals surface area contributed by atoms with Crippen LogP contribution in [-0.4, -0.2) is 17.0 Å². The van der Waals surface area contributed by atoms with Gasteiger partial charge in [0, 0.05) is 22.9 Å². The van der Waals surface area contributed by atoms with Crippen LogP contribution in [0.5, 0.6) is 0 Å². The third-order valence-corrected chi connectivity index (χ3v) is 4.44. The summed E-state index contributed by atoms with van der Waals surface area (Å²) >= 11 is 6.22. The minimum absolute atomic E-state index is 0.171. The summed E-state index contributed by atoms with van der Waals surface area (Å²) in [5, 5.41) is 9.21. The molecule has 2 aromatic rings. The number of carboxylic acid groups (broad SMARTS) is 1. The largest absolute Gasteiger partial charge is 0.478 e. The van der Waals surface area contributed by atoms with Crippen LogP contribution < -0.4 is 4.42 Å². The Morgan fingerprint density at radius 2 is 1.58 bits per heavy atom. The van der Waals surface area contributed by atoms with E-state index in [-0.39, 0.29) is 5.57 Å². The van der Waals surface area contributed by atoms with Crippen molar-refractivity contribution in [3.05, 3.63) is 65.7 Å². The second kappa shape index (κ2) is 6.89. The van der Waals surface area contributed by atoms with Crippen LogP contribution in [-0.2, 0) is 9.59 Å². The van der Waals surface area contributed by atoms with Gasteiger partial charge in [-0.2, -0.15) is 0 Å². The number of carbonyl (C=O) groups is 2. The maximum absolute atomic E-state index is 12.6. The van der Waals surface area contributed by atoms with Crippen LogP contribution in [0.2, 0.25) is 0 Å². The van der Waals surface area contributed by atoms with E-state index in [1.54, 1.807) is 6.07 Å². The quantitative estimate of drug-likeness (QED) is 0.838. The second-order valence-corrected chi connectivity index (χ2v) is 5.96. The fourth-order valence-electron chi connectivity index (χ4n) is 2.89. The fraction of sp³-hybridized carbons (Fsp3) is 0.158. The molecule has 0 saturated carbocycles. The topological polar surface area (TPSA) is 57.6 Å². The lowest BCUT2D eigenvalue weighted by atomic mass is 10.0. The lowest BCUT2D eigenvalue weighted by Crippen LogP contribution is -2.23. The highest BCUT2D eigenvalue weighted by Gasteiger charge is 2.28. The predicted molar refractivity (Wildman–Crippen MR) is 93.7 cm³/mol. The van der Waals surface area contributed by atoms with Crippen LogP contribution >= 0.6 is 11.8 Å². The first kappa shape index (κ1) is 16.3. The lowest BCUT2D eigenvalue weighted by molar-refractivity contribution is -0.133. The Kier molecular flexibility index (Phi) is 4.67. The summed E-state index contributed by atoms with van der Waals surface area (Å²) in [5.41, 5.74) is 2.94. The molecule has 0 aliphatic heterocycles. The number of hydrogen-bond donors (Lipinski definition) is 1. The van der Waals surface area contributed by atoms with Crippen molar-refractivity contribution in [2.75, 3.05) is 4.42 Å². The van der Waals surface area contributed by atoms with E-state index in [2.05, 4.69) is 0 Å². The number of carbonyl (C=O) groups excluding carboxylic acids is 1. The zero-order valence-corrected chi connectivity index (χ0v) is 13.7. The average molecular weight is 342 g/mol. The van der Waals surface area contributed by atoms with Crippen molar-refractivity contribution in [3.63, 3.8) is 0 Å². The van der Waals surface area contributed by atoms with E-state index in [0.29, 0.717) is 30.5 Å². The summed E-state index contributed by atoms with van der Waals surface area (Å²) in [6.07, 6.45) is 1.52. The van der Waals surface area contributed by atoms with Gasteiger partial charge in [0.05, 0.1) is 5.69 Å². The van der Waals surface area contributed by atoms with Crippen molar-refractivity contribution in [1.29, 1.82) is 0 Å². The van der Waals surface area contributed by atoms with Gasteiger partial charge in [-0.05, 0) is 42.5 Å². The minimum Gasteiger partial charge on any atom is -0.478 e. The van der Waals surface area contributed by atoms with E-state index < -0.39 is 11.9 Å². The van der Waals surface area contributed by atoms with E-state index in [0.717, 1.165) is 15.5 Å². The lowest BCUT2D eigenvalue weighted by Gasteiger charge is -2.16. The van der Waals surface area contributed by atoms with E-state index in [1.165, 1.54) is 0 Å². The molecule has 0 spiro atoms. The summed E-state index contributed by atoms with van der Waals surface area (Å²) in [6.45, 7) is 0. The van der Waals surface area contributed by atoms with Crippen molar-refractivity contribution in [2.24, 2.45) is 0 Å². The van der Waals surface area contributed by atoms with Crippen molar-refractivity contribution in [2.45, 2.75) is 19.3 Å². The molecule has 122 valence electrons. The van der Waals surface area contributed by atoms with Gasteiger partial charge < -0.3 is 5.11 Å². The van der Waals surface area contributed by atoms with Crippen LogP contribution in [0.3, 0.4) is 0 Å². The highest BCUT2D eigenvalue weighted by Crippen LogP contribution is 2.31. The van der Waals surface area contributed by atoms with E-state index in [1.807, 2.05) is 48.5 Å². The van der Waals surface area contributed by atoms with Gasteiger partial charge in [0.1, 0.15) is 0 Å². The minimum atomic E-state index is -1.04. The van der Waals surface area contributed by atoms with E-state index in [4.69, 9.17) is 11.8 Å². The maximum atomic E-state index is 12.6. The molecule has 2 aromatic carbocycles. The Bertz CT molecular complexity index is 814. The number of benzene rings is 2. The van der Waals surface area contributed by atoms with Gasteiger partial charge in [0.2, 0.25) is 0 Å². The molecule has 0 fully saturated rings. The number of halogens is 1. The highest BCUT2D eigenvalue weighted by molar-refractivity contribution is 6.39. The molecule has 0 radical (unpaired) electrons. The molecule has 1 N–H and O–H groups in total. The zero-order chi connectivity index (χ0) is 17.1. The number of amides is 1. The van der Waals surface area contributed by atoms with Gasteiger partial charge in [0.25, 0.3) is 5.91 Å². The Morgan fingerprint density at radius 1 is 0.917 bits per heavy atom. The molecule has 5 heteroatoms. The van der Waals surface area contributed by atoms with Gasteiger partial charge in [0.15, 0.2) is 0 Å². The number of nitrogens with zero attached hydrogens (tertiary/aromatic N) is 1. The summed E-state index contributed by atoms with van der Waals surface area (Å²) in [6, 6.07) is 17.1. The van der Waals surface area contributed by atoms with Gasteiger partial charge in [-0.1, -0.05) is 42.5 Å². The Balaban J connectivity index is 1.91. The SMILES string of the molecule is O=C(O)C1=C(C(=O)N(Cl)c2cccc(-c3ccccc3)c2)CCC1. The molecule has 0 atom stereocenters. The molecule has 4 nitrogen and oxygen atoms in total. The highest BCUT2D eigenvalue weighted by atomic mass is 35.5. The van der Waals surface area contributed by atoms with Gasteiger partial charge in [-0.25, -0.2) is 9.21 Å². The predicted octanol–water partition coefficient (Wildman–Crippen LogP) is 4.41. The summed E-state index contributed by atoms with van der Waals surface area (Å²) < 4.78 is 1.01. The number of rotatable bonds is 4. The molecule has 0 unspecified atom stereocenters. The molecule has 0 saturated heterocycles. The van der Waals surface area contributed by atoms with Crippen molar-refractivity contribution in [3.8, 4) is 11.1 Å². The summed E-state index contributed by atoms with van der Waals surface area (Å²) in [4.78, 5) is 23.8. The second-order valence-electron chi connectivity index (χ2n) is 5.62. The summed E-state index contributed by atoms with van der Waals surface area (Å²) in [7, 11) is 0. The number of anilines is 1. The van der Waals surface area contributed by atoms with Crippen molar-refractivity contribution in [1.82, 2.24) is 0 Å². The number of aliphatic carboxylic acids is 1. The van der Waals surface area contributed by atoms with Crippen LogP contribution in [0.4, 0.5) is 5.69 Å². The fourth-order valence-corrected chi connectivity index (χ4v) is 3.10.